The molecule has 2 rings (SSSR count). The molecular formula is C23H36BrF4N3O3SSi. The summed E-state index contributed by atoms with van der Waals surface area (Å²) in [5.41, 5.74) is 0.431. The van der Waals surface area contributed by atoms with Gasteiger partial charge in [-0.2, -0.15) is 13.2 Å². The number of hydrogen-bond donors (Lipinski definition) is 1. The summed E-state index contributed by atoms with van der Waals surface area (Å²) in [5.74, 6) is -0.433. The number of aromatic nitrogens is 2. The number of hydrogen-bond acceptors (Lipinski definition) is 4. The standard InChI is InChI=1S/C23H36BrF4N3O3SSi/c1-14(34-15(2)23(26,27)28)19(30-35(32)22(3,4)5)21-29-20-17(10-9-16(24)18(20)25)31(21)13-33-11-12-36(6,7)8/h9-10,14-15,19,30H,11-13H2,1-8H3/t14-,15-,19+,35+/m1/s1. The van der Waals surface area contributed by atoms with Crippen molar-refractivity contribution in [1.29, 1.82) is 0 Å². The van der Waals surface area contributed by atoms with Gasteiger partial charge >= 0.3 is 6.18 Å². The summed E-state index contributed by atoms with van der Waals surface area (Å²) < 4.78 is 83.0. The summed E-state index contributed by atoms with van der Waals surface area (Å²) in [6, 6.07) is 3.03. The molecule has 0 saturated carbocycles. The molecule has 0 aliphatic heterocycles. The second kappa shape index (κ2) is 11.9. The second-order valence-electron chi connectivity index (χ2n) is 11.0. The van der Waals surface area contributed by atoms with Gasteiger partial charge in [-0.15, -0.1) is 0 Å². The third-order valence-electron chi connectivity index (χ3n) is 5.48. The highest BCUT2D eigenvalue weighted by Crippen LogP contribution is 2.32. The lowest BCUT2D eigenvalue weighted by molar-refractivity contribution is -0.227. The Morgan fingerprint density at radius 3 is 2.33 bits per heavy atom. The molecule has 0 aliphatic carbocycles. The molecule has 206 valence electrons. The number of fused-ring (bicyclic) bond motifs is 1. The van der Waals surface area contributed by atoms with Crippen LogP contribution in [0.15, 0.2) is 16.6 Å². The van der Waals surface area contributed by atoms with Gasteiger partial charge in [-0.3, -0.25) is 0 Å². The van der Waals surface area contributed by atoms with Gasteiger partial charge in [-0.05, 0) is 68.7 Å². The lowest BCUT2D eigenvalue weighted by Gasteiger charge is -2.30. The molecule has 0 fully saturated rings. The van der Waals surface area contributed by atoms with Crippen LogP contribution in [0.4, 0.5) is 17.6 Å². The summed E-state index contributed by atoms with van der Waals surface area (Å²) in [7, 11) is -3.06. The highest BCUT2D eigenvalue weighted by atomic mass is 79.9. The van der Waals surface area contributed by atoms with Crippen LogP contribution in [0.2, 0.25) is 25.7 Å². The molecule has 4 atom stereocenters. The number of alkyl halides is 3. The number of rotatable bonds is 11. The van der Waals surface area contributed by atoms with Crippen LogP contribution < -0.4 is 4.72 Å². The minimum Gasteiger partial charge on any atom is -0.364 e. The molecule has 0 saturated heterocycles. The maximum Gasteiger partial charge on any atom is 0.414 e. The fourth-order valence-corrected chi connectivity index (χ4v) is 5.15. The van der Waals surface area contributed by atoms with Crippen molar-refractivity contribution in [2.45, 2.75) is 96.2 Å². The molecule has 13 heteroatoms. The first-order valence-corrected chi connectivity index (χ1v) is 17.3. The maximum atomic E-state index is 15.0. The quantitative estimate of drug-likeness (QED) is 0.173. The average Bonchev–Trinajstić information content (AvgIpc) is 3.08. The molecule has 0 radical (unpaired) electrons. The summed E-state index contributed by atoms with van der Waals surface area (Å²) in [4.78, 5) is 4.45. The van der Waals surface area contributed by atoms with E-state index in [0.29, 0.717) is 12.1 Å². The molecule has 0 amide bonds. The highest BCUT2D eigenvalue weighted by molar-refractivity contribution is 9.10. The zero-order valence-corrected chi connectivity index (χ0v) is 25.3. The van der Waals surface area contributed by atoms with Crippen LogP contribution in [-0.2, 0) is 27.2 Å². The van der Waals surface area contributed by atoms with Crippen LogP contribution in [0, 0.1) is 5.82 Å². The fraction of sp³-hybridized carbons (Fsp3) is 0.696. The van der Waals surface area contributed by atoms with Gasteiger partial charge in [-0.1, -0.05) is 19.6 Å². The third-order valence-corrected chi connectivity index (χ3v) is 9.37. The topological polar surface area (TPSA) is 65.4 Å². The molecule has 0 bridgehead atoms. The minimum absolute atomic E-state index is 0.000731. The second-order valence-corrected chi connectivity index (χ2v) is 19.5. The van der Waals surface area contributed by atoms with E-state index in [9.17, 15) is 17.4 Å². The lowest BCUT2D eigenvalue weighted by atomic mass is 10.1. The Hall–Kier alpha value is -0.863. The normalized spacial score (nSPS) is 16.8. The molecule has 1 N–H and O–H groups in total. The number of nitrogens with one attached hydrogen (secondary N) is 1. The van der Waals surface area contributed by atoms with Gasteiger partial charge in [0.2, 0.25) is 0 Å². The smallest absolute Gasteiger partial charge is 0.364 e. The zero-order chi connectivity index (χ0) is 27.6. The molecule has 2 aromatic rings. The Kier molecular flexibility index (Phi) is 10.4. The maximum absolute atomic E-state index is 15.0. The minimum atomic E-state index is -4.58. The molecule has 1 aromatic heterocycles. The summed E-state index contributed by atoms with van der Waals surface area (Å²) in [6.07, 6.45) is -7.77. The molecule has 1 aromatic carbocycles. The van der Waals surface area contributed by atoms with Gasteiger partial charge in [0.05, 0.1) is 31.8 Å². The monoisotopic (exact) mass is 617 g/mol. The van der Waals surface area contributed by atoms with Crippen molar-refractivity contribution < 1.29 is 31.2 Å². The third kappa shape index (κ3) is 8.32. The molecule has 36 heavy (non-hydrogen) atoms. The number of halogens is 5. The largest absolute Gasteiger partial charge is 0.414 e. The van der Waals surface area contributed by atoms with Crippen molar-refractivity contribution in [2.24, 2.45) is 0 Å². The summed E-state index contributed by atoms with van der Waals surface area (Å²) >= 11 is 3.16. The Morgan fingerprint density at radius 2 is 1.81 bits per heavy atom. The number of benzene rings is 1. The van der Waals surface area contributed by atoms with E-state index in [-0.39, 0.29) is 22.5 Å². The van der Waals surface area contributed by atoms with Gasteiger partial charge in [0.15, 0.2) is 11.9 Å². The van der Waals surface area contributed by atoms with Gasteiger partial charge in [0.1, 0.15) is 24.1 Å². The fourth-order valence-electron chi connectivity index (χ4n) is 3.19. The van der Waals surface area contributed by atoms with E-state index in [1.54, 1.807) is 31.4 Å². The number of imidazole rings is 1. The van der Waals surface area contributed by atoms with Crippen LogP contribution >= 0.6 is 15.9 Å². The zero-order valence-electron chi connectivity index (χ0n) is 21.9. The molecule has 6 nitrogen and oxygen atoms in total. The summed E-state index contributed by atoms with van der Waals surface area (Å²) in [6.45, 7) is 14.7. The molecular weight excluding hydrogens is 582 g/mol. The van der Waals surface area contributed by atoms with Crippen LogP contribution in [0.25, 0.3) is 11.0 Å². The van der Waals surface area contributed by atoms with Crippen molar-refractivity contribution in [1.82, 2.24) is 14.3 Å². The van der Waals surface area contributed by atoms with E-state index in [1.807, 2.05) is 0 Å². The van der Waals surface area contributed by atoms with E-state index in [4.69, 9.17) is 9.47 Å². The van der Waals surface area contributed by atoms with Gasteiger partial charge in [0, 0.05) is 14.7 Å². The predicted molar refractivity (Wildman–Crippen MR) is 141 cm³/mol. The van der Waals surface area contributed by atoms with Crippen molar-refractivity contribution in [3.05, 3.63) is 28.2 Å². The number of ether oxygens (including phenoxy) is 2. The van der Waals surface area contributed by atoms with E-state index in [2.05, 4.69) is 45.3 Å². The Morgan fingerprint density at radius 1 is 1.19 bits per heavy atom. The Labute approximate surface area is 222 Å². The van der Waals surface area contributed by atoms with E-state index >= 15 is 4.39 Å². The SMILES string of the molecule is C[C@@H](O[C@H](C)C(F)(F)F)[C@H](N[S@@](=O)C(C)(C)C)c1nc2c(F)c(Br)ccc2n1COCC[Si](C)(C)C. The van der Waals surface area contributed by atoms with E-state index < -0.39 is 54.0 Å². The van der Waals surface area contributed by atoms with Crippen LogP contribution in [0.5, 0.6) is 0 Å². The van der Waals surface area contributed by atoms with Crippen LogP contribution in [0.3, 0.4) is 0 Å². The number of nitrogens with zero attached hydrogens (tertiary/aromatic N) is 2. The first kappa shape index (κ1) is 31.4. The van der Waals surface area contributed by atoms with E-state index in [0.717, 1.165) is 13.0 Å². The van der Waals surface area contributed by atoms with E-state index in [1.165, 1.54) is 13.0 Å². The first-order valence-electron chi connectivity index (χ1n) is 11.6. The molecule has 0 spiro atoms. The van der Waals surface area contributed by atoms with Gasteiger partial charge in [0.25, 0.3) is 0 Å². The lowest BCUT2D eigenvalue weighted by Crippen LogP contribution is -2.43. The van der Waals surface area contributed by atoms with Crippen molar-refractivity contribution >= 4 is 46.0 Å². The Balaban J connectivity index is 2.57. The van der Waals surface area contributed by atoms with Gasteiger partial charge < -0.3 is 14.0 Å². The van der Waals surface area contributed by atoms with Crippen LogP contribution in [0.1, 0.15) is 46.5 Å². The first-order chi connectivity index (χ1) is 16.3. The van der Waals surface area contributed by atoms with Crippen molar-refractivity contribution in [3.63, 3.8) is 0 Å². The predicted octanol–water partition coefficient (Wildman–Crippen LogP) is 6.70. The molecule has 0 unspecified atom stereocenters. The molecule has 0 aliphatic rings. The van der Waals surface area contributed by atoms with Gasteiger partial charge in [-0.25, -0.2) is 18.3 Å². The van der Waals surface area contributed by atoms with Crippen LogP contribution in [-0.4, -0.2) is 51.6 Å². The average molecular weight is 619 g/mol. The molecule has 1 heterocycles. The van der Waals surface area contributed by atoms with Crippen molar-refractivity contribution in [2.75, 3.05) is 6.61 Å². The van der Waals surface area contributed by atoms with Crippen molar-refractivity contribution in [3.8, 4) is 0 Å². The highest BCUT2D eigenvalue weighted by Gasteiger charge is 2.41. The summed E-state index contributed by atoms with van der Waals surface area (Å²) in [5, 5.41) is 0. The Bertz CT molecular complexity index is 1070.